The summed E-state index contributed by atoms with van der Waals surface area (Å²) in [6.07, 6.45) is 1.70. The zero-order chi connectivity index (χ0) is 13.0. The maximum Gasteiger partial charge on any atom is 0.218 e. The highest BCUT2D eigenvalue weighted by molar-refractivity contribution is 9.10. The molecular formula is C13H12Br2N2O. The van der Waals surface area contributed by atoms with Gasteiger partial charge in [-0.05, 0) is 28.1 Å². The molecule has 0 bridgehead atoms. The van der Waals surface area contributed by atoms with Gasteiger partial charge in [-0.15, -0.1) is 0 Å². The highest BCUT2D eigenvalue weighted by Crippen LogP contribution is 2.22. The largest absolute Gasteiger partial charge is 0.473 e. The molecule has 0 fully saturated rings. The van der Waals surface area contributed by atoms with Crippen LogP contribution >= 0.6 is 31.9 Å². The van der Waals surface area contributed by atoms with Gasteiger partial charge >= 0.3 is 0 Å². The van der Waals surface area contributed by atoms with Gasteiger partial charge in [0.2, 0.25) is 5.88 Å². The van der Waals surface area contributed by atoms with E-state index < -0.39 is 0 Å². The highest BCUT2D eigenvalue weighted by atomic mass is 79.9. The molecule has 18 heavy (non-hydrogen) atoms. The van der Waals surface area contributed by atoms with Crippen molar-refractivity contribution in [1.82, 2.24) is 4.98 Å². The number of pyridine rings is 1. The molecule has 2 N–H and O–H groups in total. The molecule has 0 aliphatic heterocycles. The van der Waals surface area contributed by atoms with Gasteiger partial charge in [-0.3, -0.25) is 0 Å². The van der Waals surface area contributed by atoms with Crippen molar-refractivity contribution in [1.29, 1.82) is 0 Å². The summed E-state index contributed by atoms with van der Waals surface area (Å²) >= 11 is 6.85. The fraction of sp³-hybridized carbons (Fsp3) is 0.154. The molecule has 3 nitrogen and oxygen atoms in total. The van der Waals surface area contributed by atoms with Gasteiger partial charge < -0.3 is 10.5 Å². The molecule has 1 heterocycles. The smallest absolute Gasteiger partial charge is 0.218 e. The molecule has 1 aromatic heterocycles. The standard InChI is InChI=1S/C13H12Br2N2O/c14-11-5-10(6-16)13(17-7-11)18-8-9-3-1-2-4-12(9)15/h1-5,7H,6,8,16H2. The topological polar surface area (TPSA) is 48.1 Å². The Kier molecular flexibility index (Phi) is 4.74. The van der Waals surface area contributed by atoms with Crippen LogP contribution in [0.25, 0.3) is 0 Å². The molecule has 0 aliphatic rings. The van der Waals surface area contributed by atoms with E-state index in [1.54, 1.807) is 6.20 Å². The number of halogens is 2. The molecule has 94 valence electrons. The van der Waals surface area contributed by atoms with Gasteiger partial charge in [0.05, 0.1) is 0 Å². The lowest BCUT2D eigenvalue weighted by Crippen LogP contribution is -2.04. The lowest BCUT2D eigenvalue weighted by molar-refractivity contribution is 0.289. The van der Waals surface area contributed by atoms with Gasteiger partial charge in [-0.1, -0.05) is 34.1 Å². The van der Waals surface area contributed by atoms with E-state index in [2.05, 4.69) is 36.8 Å². The number of nitrogens with zero attached hydrogens (tertiary/aromatic N) is 1. The predicted octanol–water partition coefficient (Wildman–Crippen LogP) is 3.64. The molecule has 0 spiro atoms. The number of benzene rings is 1. The van der Waals surface area contributed by atoms with Crippen molar-refractivity contribution in [3.8, 4) is 5.88 Å². The van der Waals surface area contributed by atoms with E-state index in [1.165, 1.54) is 0 Å². The van der Waals surface area contributed by atoms with Crippen molar-refractivity contribution < 1.29 is 4.74 Å². The summed E-state index contributed by atoms with van der Waals surface area (Å²) in [4.78, 5) is 4.23. The Balaban J connectivity index is 2.13. The maximum absolute atomic E-state index is 5.71. The molecule has 1 aromatic carbocycles. The summed E-state index contributed by atoms with van der Waals surface area (Å²) in [6, 6.07) is 9.85. The summed E-state index contributed by atoms with van der Waals surface area (Å²) in [5.41, 5.74) is 7.63. The molecule has 0 amide bonds. The highest BCUT2D eigenvalue weighted by Gasteiger charge is 2.06. The first kappa shape index (κ1) is 13.5. The quantitative estimate of drug-likeness (QED) is 0.892. The number of hydrogen-bond acceptors (Lipinski definition) is 3. The third-order valence-corrected chi connectivity index (χ3v) is 3.64. The summed E-state index contributed by atoms with van der Waals surface area (Å²) in [7, 11) is 0. The number of ether oxygens (including phenoxy) is 1. The number of nitrogens with two attached hydrogens (primary N) is 1. The second-order valence-corrected chi connectivity index (χ2v) is 5.47. The minimum absolute atomic E-state index is 0.401. The average Bonchev–Trinajstić information content (AvgIpc) is 2.39. The fourth-order valence-corrected chi connectivity index (χ4v) is 2.28. The Morgan fingerprint density at radius 2 is 1.94 bits per heavy atom. The summed E-state index contributed by atoms with van der Waals surface area (Å²) in [6.45, 7) is 0.862. The van der Waals surface area contributed by atoms with E-state index in [4.69, 9.17) is 10.5 Å². The molecule has 2 rings (SSSR count). The van der Waals surface area contributed by atoms with Crippen molar-refractivity contribution in [2.24, 2.45) is 5.73 Å². The van der Waals surface area contributed by atoms with Gasteiger partial charge in [0.1, 0.15) is 6.61 Å². The lowest BCUT2D eigenvalue weighted by Gasteiger charge is -2.10. The first-order valence-electron chi connectivity index (χ1n) is 5.41. The van der Waals surface area contributed by atoms with Gasteiger partial charge in [0.15, 0.2) is 0 Å². The van der Waals surface area contributed by atoms with Crippen LogP contribution in [0.4, 0.5) is 0 Å². The van der Waals surface area contributed by atoms with Crippen molar-refractivity contribution in [2.45, 2.75) is 13.2 Å². The van der Waals surface area contributed by atoms with Crippen LogP contribution in [0.1, 0.15) is 11.1 Å². The number of aromatic nitrogens is 1. The molecule has 0 unspecified atom stereocenters. The van der Waals surface area contributed by atoms with Crippen molar-refractivity contribution in [3.63, 3.8) is 0 Å². The molecule has 0 saturated carbocycles. The van der Waals surface area contributed by atoms with Gasteiger partial charge in [0, 0.05) is 32.8 Å². The van der Waals surface area contributed by atoms with Crippen LogP contribution in [0.2, 0.25) is 0 Å². The first-order valence-corrected chi connectivity index (χ1v) is 7.00. The van der Waals surface area contributed by atoms with Gasteiger partial charge in [-0.25, -0.2) is 4.98 Å². The van der Waals surface area contributed by atoms with Crippen LogP contribution in [0.3, 0.4) is 0 Å². The Labute approximate surface area is 123 Å². The SMILES string of the molecule is NCc1cc(Br)cnc1OCc1ccccc1Br. The van der Waals surface area contributed by atoms with Crippen molar-refractivity contribution in [3.05, 3.63) is 56.6 Å². The van der Waals surface area contributed by atoms with E-state index in [1.807, 2.05) is 30.3 Å². The first-order chi connectivity index (χ1) is 8.70. The van der Waals surface area contributed by atoms with Crippen molar-refractivity contribution in [2.75, 3.05) is 0 Å². The van der Waals surface area contributed by atoms with E-state index >= 15 is 0 Å². The molecule has 0 aliphatic carbocycles. The molecule has 0 radical (unpaired) electrons. The Morgan fingerprint density at radius 1 is 1.17 bits per heavy atom. The lowest BCUT2D eigenvalue weighted by atomic mass is 10.2. The third kappa shape index (κ3) is 3.31. The normalized spacial score (nSPS) is 10.4. The zero-order valence-corrected chi connectivity index (χ0v) is 12.7. The summed E-state index contributed by atoms with van der Waals surface area (Å²) in [5.74, 6) is 0.580. The van der Waals surface area contributed by atoms with Crippen LogP contribution < -0.4 is 10.5 Å². The fourth-order valence-electron chi connectivity index (χ4n) is 1.51. The van der Waals surface area contributed by atoms with Crippen LogP contribution in [-0.2, 0) is 13.2 Å². The van der Waals surface area contributed by atoms with Crippen molar-refractivity contribution >= 4 is 31.9 Å². The zero-order valence-electron chi connectivity index (χ0n) is 9.57. The Hall–Kier alpha value is -0.910. The van der Waals surface area contributed by atoms with Crippen LogP contribution in [-0.4, -0.2) is 4.98 Å². The van der Waals surface area contributed by atoms with E-state index in [-0.39, 0.29) is 0 Å². The minimum atomic E-state index is 0.401. The van der Waals surface area contributed by atoms with E-state index in [0.717, 1.165) is 20.1 Å². The molecule has 0 saturated heterocycles. The maximum atomic E-state index is 5.71. The average molecular weight is 372 g/mol. The minimum Gasteiger partial charge on any atom is -0.473 e. The number of hydrogen-bond donors (Lipinski definition) is 1. The molecule has 5 heteroatoms. The monoisotopic (exact) mass is 370 g/mol. The van der Waals surface area contributed by atoms with Crippen LogP contribution in [0.5, 0.6) is 5.88 Å². The van der Waals surface area contributed by atoms with E-state index in [9.17, 15) is 0 Å². The summed E-state index contributed by atoms with van der Waals surface area (Å²) < 4.78 is 7.63. The molecular weight excluding hydrogens is 360 g/mol. The Morgan fingerprint density at radius 3 is 2.67 bits per heavy atom. The second kappa shape index (κ2) is 6.31. The third-order valence-electron chi connectivity index (χ3n) is 2.43. The molecule has 2 aromatic rings. The van der Waals surface area contributed by atoms with Gasteiger partial charge in [-0.2, -0.15) is 0 Å². The second-order valence-electron chi connectivity index (χ2n) is 3.70. The van der Waals surface area contributed by atoms with Gasteiger partial charge in [0.25, 0.3) is 0 Å². The number of rotatable bonds is 4. The predicted molar refractivity (Wildman–Crippen MR) is 78.3 cm³/mol. The summed E-state index contributed by atoms with van der Waals surface area (Å²) in [5, 5.41) is 0. The molecule has 0 atom stereocenters. The van der Waals surface area contributed by atoms with Crippen LogP contribution in [0.15, 0.2) is 45.5 Å². The van der Waals surface area contributed by atoms with Crippen LogP contribution in [0, 0.1) is 0 Å². The van der Waals surface area contributed by atoms with E-state index in [0.29, 0.717) is 19.0 Å². The Bertz CT molecular complexity index is 546.